The van der Waals surface area contributed by atoms with Crippen LogP contribution in [0.1, 0.15) is 5.56 Å². The lowest BCUT2D eigenvalue weighted by molar-refractivity contribution is 0.859. The van der Waals surface area contributed by atoms with E-state index in [4.69, 9.17) is 0 Å². The molecule has 0 aliphatic carbocycles. The molecule has 0 aromatic carbocycles. The van der Waals surface area contributed by atoms with Crippen LogP contribution in [0.2, 0.25) is 0 Å². The molecule has 0 bridgehead atoms. The SMILES string of the molecule is Cn1cc(NCc2ccsc2)ccc1=O. The number of thiophene rings is 1. The van der Waals surface area contributed by atoms with Gasteiger partial charge in [0.1, 0.15) is 0 Å². The summed E-state index contributed by atoms with van der Waals surface area (Å²) in [4.78, 5) is 11.1. The third-order valence-corrected chi connectivity index (χ3v) is 2.89. The van der Waals surface area contributed by atoms with E-state index in [9.17, 15) is 4.79 Å². The third-order valence-electron chi connectivity index (χ3n) is 2.16. The second kappa shape index (κ2) is 4.31. The maximum Gasteiger partial charge on any atom is 0.250 e. The van der Waals surface area contributed by atoms with Crippen LogP contribution in [0.15, 0.2) is 40.0 Å². The first-order valence-electron chi connectivity index (χ1n) is 4.67. The summed E-state index contributed by atoms with van der Waals surface area (Å²) < 4.78 is 1.57. The first kappa shape index (κ1) is 9.98. The fourth-order valence-corrected chi connectivity index (χ4v) is 1.96. The van der Waals surface area contributed by atoms with Crippen molar-refractivity contribution in [2.45, 2.75) is 6.54 Å². The topological polar surface area (TPSA) is 34.0 Å². The lowest BCUT2D eigenvalue weighted by atomic mass is 10.3. The molecule has 4 heteroatoms. The maximum absolute atomic E-state index is 11.1. The molecular weight excluding hydrogens is 208 g/mol. The van der Waals surface area contributed by atoms with Crippen molar-refractivity contribution in [1.82, 2.24) is 4.57 Å². The molecule has 2 heterocycles. The number of pyridine rings is 1. The van der Waals surface area contributed by atoms with Gasteiger partial charge < -0.3 is 9.88 Å². The molecule has 2 rings (SSSR count). The Labute approximate surface area is 92.0 Å². The number of nitrogens with zero attached hydrogens (tertiary/aromatic N) is 1. The van der Waals surface area contributed by atoms with Crippen molar-refractivity contribution < 1.29 is 0 Å². The van der Waals surface area contributed by atoms with Crippen LogP contribution >= 0.6 is 11.3 Å². The van der Waals surface area contributed by atoms with Gasteiger partial charge in [-0.3, -0.25) is 4.79 Å². The second-order valence-corrected chi connectivity index (χ2v) is 4.13. The van der Waals surface area contributed by atoms with Crippen LogP contribution in [0.25, 0.3) is 0 Å². The molecule has 0 saturated carbocycles. The van der Waals surface area contributed by atoms with Crippen LogP contribution in [0, 0.1) is 0 Å². The molecule has 0 radical (unpaired) electrons. The van der Waals surface area contributed by atoms with Crippen molar-refractivity contribution in [2.75, 3.05) is 5.32 Å². The standard InChI is InChI=1S/C11H12N2OS/c1-13-7-10(2-3-11(13)14)12-6-9-4-5-15-8-9/h2-5,7-8,12H,6H2,1H3. The molecular formula is C11H12N2OS. The maximum atomic E-state index is 11.1. The number of hydrogen-bond acceptors (Lipinski definition) is 3. The Hall–Kier alpha value is -1.55. The Morgan fingerprint density at radius 1 is 1.40 bits per heavy atom. The van der Waals surface area contributed by atoms with Crippen molar-refractivity contribution in [2.24, 2.45) is 7.05 Å². The molecule has 2 aromatic rings. The van der Waals surface area contributed by atoms with Gasteiger partial charge in [-0.2, -0.15) is 11.3 Å². The summed E-state index contributed by atoms with van der Waals surface area (Å²) in [6.45, 7) is 0.793. The molecule has 15 heavy (non-hydrogen) atoms. The van der Waals surface area contributed by atoms with Crippen molar-refractivity contribution in [1.29, 1.82) is 0 Å². The second-order valence-electron chi connectivity index (χ2n) is 3.35. The highest BCUT2D eigenvalue weighted by Gasteiger charge is 1.95. The molecule has 3 nitrogen and oxygen atoms in total. The van der Waals surface area contributed by atoms with Crippen molar-refractivity contribution in [3.63, 3.8) is 0 Å². The lowest BCUT2D eigenvalue weighted by Gasteiger charge is -2.06. The van der Waals surface area contributed by atoms with Crippen LogP contribution in [-0.4, -0.2) is 4.57 Å². The highest BCUT2D eigenvalue weighted by atomic mass is 32.1. The van der Waals surface area contributed by atoms with Crippen molar-refractivity contribution in [3.8, 4) is 0 Å². The predicted molar refractivity (Wildman–Crippen MR) is 63.3 cm³/mol. The molecule has 0 spiro atoms. The quantitative estimate of drug-likeness (QED) is 0.859. The number of anilines is 1. The van der Waals surface area contributed by atoms with E-state index < -0.39 is 0 Å². The fourth-order valence-electron chi connectivity index (χ4n) is 1.30. The molecule has 1 N–H and O–H groups in total. The van der Waals surface area contributed by atoms with E-state index in [2.05, 4.69) is 22.1 Å². The third kappa shape index (κ3) is 2.47. The van der Waals surface area contributed by atoms with Gasteiger partial charge in [-0.1, -0.05) is 0 Å². The molecule has 0 unspecified atom stereocenters. The van der Waals surface area contributed by atoms with Gasteiger partial charge in [0.15, 0.2) is 0 Å². The summed E-state index contributed by atoms with van der Waals surface area (Å²) in [6.07, 6.45) is 1.80. The van der Waals surface area contributed by atoms with E-state index >= 15 is 0 Å². The van der Waals surface area contributed by atoms with E-state index in [1.165, 1.54) is 5.56 Å². The Morgan fingerprint density at radius 2 is 2.27 bits per heavy atom. The number of rotatable bonds is 3. The van der Waals surface area contributed by atoms with Crippen LogP contribution in [-0.2, 0) is 13.6 Å². The summed E-state index contributed by atoms with van der Waals surface area (Å²) >= 11 is 1.69. The summed E-state index contributed by atoms with van der Waals surface area (Å²) in [5, 5.41) is 7.42. The van der Waals surface area contributed by atoms with E-state index in [0.717, 1.165) is 12.2 Å². The summed E-state index contributed by atoms with van der Waals surface area (Å²) in [5.74, 6) is 0. The van der Waals surface area contributed by atoms with Crippen LogP contribution in [0.3, 0.4) is 0 Å². The Bertz CT molecular complexity index is 488. The molecule has 2 aromatic heterocycles. The number of aryl methyl sites for hydroxylation is 1. The van der Waals surface area contributed by atoms with Gasteiger partial charge in [0.05, 0.1) is 5.69 Å². The monoisotopic (exact) mass is 220 g/mol. The normalized spacial score (nSPS) is 10.2. The highest BCUT2D eigenvalue weighted by Crippen LogP contribution is 2.09. The van der Waals surface area contributed by atoms with E-state index in [-0.39, 0.29) is 5.56 Å². The Morgan fingerprint density at radius 3 is 2.93 bits per heavy atom. The van der Waals surface area contributed by atoms with Crippen LogP contribution in [0.4, 0.5) is 5.69 Å². The number of aromatic nitrogens is 1. The number of nitrogens with one attached hydrogen (secondary N) is 1. The zero-order valence-corrected chi connectivity index (χ0v) is 9.25. The summed E-state index contributed by atoms with van der Waals surface area (Å²) in [6, 6.07) is 5.45. The molecule has 0 amide bonds. The molecule has 0 saturated heterocycles. The van der Waals surface area contributed by atoms with Gasteiger partial charge >= 0.3 is 0 Å². The van der Waals surface area contributed by atoms with Crippen LogP contribution < -0.4 is 10.9 Å². The van der Waals surface area contributed by atoms with Gasteiger partial charge in [-0.15, -0.1) is 0 Å². The zero-order valence-electron chi connectivity index (χ0n) is 8.43. The number of hydrogen-bond donors (Lipinski definition) is 1. The summed E-state index contributed by atoms with van der Waals surface area (Å²) in [5.41, 5.74) is 2.23. The van der Waals surface area contributed by atoms with Crippen molar-refractivity contribution >= 4 is 17.0 Å². The smallest absolute Gasteiger partial charge is 0.250 e. The zero-order chi connectivity index (χ0) is 10.7. The first-order chi connectivity index (χ1) is 7.25. The minimum Gasteiger partial charge on any atom is -0.380 e. The van der Waals surface area contributed by atoms with Gasteiger partial charge in [0, 0.05) is 25.9 Å². The van der Waals surface area contributed by atoms with Crippen LogP contribution in [0.5, 0.6) is 0 Å². The molecule has 0 aliphatic rings. The summed E-state index contributed by atoms with van der Waals surface area (Å²) in [7, 11) is 1.75. The first-order valence-corrected chi connectivity index (χ1v) is 5.61. The van der Waals surface area contributed by atoms with Crippen molar-refractivity contribution in [3.05, 3.63) is 51.1 Å². The predicted octanol–water partition coefficient (Wildman–Crippen LogP) is 2.06. The van der Waals surface area contributed by atoms with Gasteiger partial charge in [-0.25, -0.2) is 0 Å². The van der Waals surface area contributed by atoms with Gasteiger partial charge in [0.25, 0.3) is 0 Å². The molecule has 0 aliphatic heterocycles. The lowest BCUT2D eigenvalue weighted by Crippen LogP contribution is -2.15. The van der Waals surface area contributed by atoms with Gasteiger partial charge in [-0.05, 0) is 28.5 Å². The fraction of sp³-hybridized carbons (Fsp3) is 0.182. The molecule has 0 atom stereocenters. The molecule has 78 valence electrons. The van der Waals surface area contributed by atoms with E-state index in [1.54, 1.807) is 41.3 Å². The Balaban J connectivity index is 2.05. The average molecular weight is 220 g/mol. The Kier molecular flexibility index (Phi) is 2.87. The van der Waals surface area contributed by atoms with E-state index in [1.807, 2.05) is 0 Å². The minimum atomic E-state index is 0.0103. The molecule has 0 fully saturated rings. The highest BCUT2D eigenvalue weighted by molar-refractivity contribution is 7.07. The largest absolute Gasteiger partial charge is 0.380 e. The average Bonchev–Trinajstić information content (AvgIpc) is 2.73. The minimum absolute atomic E-state index is 0.0103. The van der Waals surface area contributed by atoms with E-state index in [0.29, 0.717) is 0 Å². The van der Waals surface area contributed by atoms with Gasteiger partial charge in [0.2, 0.25) is 5.56 Å².